The second-order valence-electron chi connectivity index (χ2n) is 3.96. The Morgan fingerprint density at radius 2 is 2.06 bits per heavy atom. The van der Waals surface area contributed by atoms with Gasteiger partial charge in [-0.15, -0.1) is 12.4 Å². The lowest BCUT2D eigenvalue weighted by Gasteiger charge is -2.09. The van der Waals surface area contributed by atoms with E-state index in [1.807, 2.05) is 21.0 Å². The van der Waals surface area contributed by atoms with Crippen LogP contribution in [0.25, 0.3) is 0 Å². The maximum atomic E-state index is 13.5. The summed E-state index contributed by atoms with van der Waals surface area (Å²) < 4.78 is 14.7. The predicted octanol–water partition coefficient (Wildman–Crippen LogP) is 0.941. The summed E-state index contributed by atoms with van der Waals surface area (Å²) in [5, 5.41) is 7.21. The van der Waals surface area contributed by atoms with Crippen LogP contribution in [0.4, 0.5) is 4.39 Å². The topological polar surface area (TPSA) is 33.1 Å². The molecule has 0 amide bonds. The quantitative estimate of drug-likeness (QED) is 0.790. The molecule has 0 aliphatic rings. The Morgan fingerprint density at radius 1 is 1.44 bits per heavy atom. The van der Waals surface area contributed by atoms with Crippen molar-refractivity contribution in [1.82, 2.24) is 20.0 Å². The lowest BCUT2D eigenvalue weighted by Crippen LogP contribution is -2.26. The molecule has 0 radical (unpaired) electrons. The van der Waals surface area contributed by atoms with Crippen molar-refractivity contribution in [3.8, 4) is 0 Å². The summed E-state index contributed by atoms with van der Waals surface area (Å²) in [6.07, 6.45) is 0. The Kier molecular flexibility index (Phi) is 6.55. The predicted molar refractivity (Wildman–Crippen MR) is 65.4 cm³/mol. The number of halogens is 2. The Labute approximate surface area is 102 Å². The van der Waals surface area contributed by atoms with Crippen molar-refractivity contribution < 1.29 is 4.39 Å². The van der Waals surface area contributed by atoms with Crippen LogP contribution in [0.1, 0.15) is 11.3 Å². The van der Waals surface area contributed by atoms with Crippen LogP contribution in [0.15, 0.2) is 0 Å². The van der Waals surface area contributed by atoms with Crippen molar-refractivity contribution >= 4 is 12.4 Å². The number of likely N-dealkylation sites (N-methyl/N-ethyl adjacent to an activating group) is 1. The molecule has 1 aromatic rings. The van der Waals surface area contributed by atoms with Gasteiger partial charge >= 0.3 is 0 Å². The molecule has 0 saturated carbocycles. The summed E-state index contributed by atoms with van der Waals surface area (Å²) >= 11 is 0. The van der Waals surface area contributed by atoms with Crippen molar-refractivity contribution in [3.63, 3.8) is 0 Å². The third kappa shape index (κ3) is 4.08. The maximum Gasteiger partial charge on any atom is 0.215 e. The summed E-state index contributed by atoms with van der Waals surface area (Å²) in [4.78, 5) is 2.08. The highest BCUT2D eigenvalue weighted by Gasteiger charge is 2.11. The average molecular weight is 251 g/mol. The van der Waals surface area contributed by atoms with Crippen LogP contribution in [-0.4, -0.2) is 41.9 Å². The molecule has 1 aromatic heterocycles. The van der Waals surface area contributed by atoms with Gasteiger partial charge in [-0.2, -0.15) is 9.49 Å². The number of nitrogens with one attached hydrogen (secondary N) is 1. The fourth-order valence-corrected chi connectivity index (χ4v) is 1.39. The molecule has 1 heterocycles. The standard InChI is InChI=1S/C10H19FN4.ClH/c1-8-9(10(11)15(4)13-8)7-12-5-6-14(2)3;/h12H,5-7H2,1-4H3;1H. The highest BCUT2D eigenvalue weighted by Crippen LogP contribution is 2.10. The van der Waals surface area contributed by atoms with Gasteiger partial charge in [0, 0.05) is 32.2 Å². The summed E-state index contributed by atoms with van der Waals surface area (Å²) in [6.45, 7) is 4.16. The van der Waals surface area contributed by atoms with E-state index in [-0.39, 0.29) is 18.4 Å². The van der Waals surface area contributed by atoms with Gasteiger partial charge < -0.3 is 10.2 Å². The van der Waals surface area contributed by atoms with E-state index in [2.05, 4.69) is 15.3 Å². The van der Waals surface area contributed by atoms with Crippen molar-refractivity contribution in [2.24, 2.45) is 7.05 Å². The van der Waals surface area contributed by atoms with Gasteiger partial charge in [-0.3, -0.25) is 0 Å². The number of aryl methyl sites for hydroxylation is 2. The zero-order valence-electron chi connectivity index (χ0n) is 10.2. The van der Waals surface area contributed by atoms with E-state index in [1.54, 1.807) is 7.05 Å². The van der Waals surface area contributed by atoms with E-state index in [9.17, 15) is 4.39 Å². The van der Waals surface area contributed by atoms with Crippen molar-refractivity contribution in [3.05, 3.63) is 17.2 Å². The molecular formula is C10H20ClFN4. The number of hydrogen-bond acceptors (Lipinski definition) is 3. The molecule has 0 atom stereocenters. The molecule has 0 fully saturated rings. The molecular weight excluding hydrogens is 231 g/mol. The highest BCUT2D eigenvalue weighted by molar-refractivity contribution is 5.85. The molecule has 94 valence electrons. The first-order valence-electron chi connectivity index (χ1n) is 5.05. The van der Waals surface area contributed by atoms with Gasteiger partial charge in [-0.25, -0.2) is 4.68 Å². The third-order valence-electron chi connectivity index (χ3n) is 2.31. The van der Waals surface area contributed by atoms with Crippen molar-refractivity contribution in [2.45, 2.75) is 13.5 Å². The van der Waals surface area contributed by atoms with E-state index < -0.39 is 0 Å². The molecule has 16 heavy (non-hydrogen) atoms. The van der Waals surface area contributed by atoms with E-state index in [4.69, 9.17) is 0 Å². The molecule has 6 heteroatoms. The van der Waals surface area contributed by atoms with Gasteiger partial charge in [-0.05, 0) is 21.0 Å². The average Bonchev–Trinajstić information content (AvgIpc) is 2.37. The molecule has 0 aliphatic carbocycles. The maximum absolute atomic E-state index is 13.5. The Hall–Kier alpha value is -0.650. The van der Waals surface area contributed by atoms with Crippen molar-refractivity contribution in [1.29, 1.82) is 0 Å². The van der Waals surface area contributed by atoms with Gasteiger partial charge in [0.25, 0.3) is 0 Å². The smallest absolute Gasteiger partial charge is 0.215 e. The van der Waals surface area contributed by atoms with Crippen LogP contribution in [0.2, 0.25) is 0 Å². The summed E-state index contributed by atoms with van der Waals surface area (Å²) in [6, 6.07) is 0. The molecule has 0 saturated heterocycles. The van der Waals surface area contributed by atoms with E-state index in [0.717, 1.165) is 18.8 Å². The molecule has 0 unspecified atom stereocenters. The molecule has 1 N–H and O–H groups in total. The minimum Gasteiger partial charge on any atom is -0.311 e. The zero-order valence-corrected chi connectivity index (χ0v) is 11.1. The Morgan fingerprint density at radius 3 is 2.50 bits per heavy atom. The minimum absolute atomic E-state index is 0. The highest BCUT2D eigenvalue weighted by atomic mass is 35.5. The van der Waals surface area contributed by atoms with Gasteiger partial charge in [0.1, 0.15) is 0 Å². The van der Waals surface area contributed by atoms with Crippen LogP contribution >= 0.6 is 12.4 Å². The first-order valence-corrected chi connectivity index (χ1v) is 5.05. The Bertz CT molecular complexity index is 325. The van der Waals surface area contributed by atoms with Crippen LogP contribution < -0.4 is 5.32 Å². The number of hydrogen-bond donors (Lipinski definition) is 1. The lowest BCUT2D eigenvalue weighted by atomic mass is 10.2. The van der Waals surface area contributed by atoms with E-state index in [1.165, 1.54) is 4.68 Å². The molecule has 0 aliphatic heterocycles. The third-order valence-corrected chi connectivity index (χ3v) is 2.31. The minimum atomic E-state index is -0.246. The van der Waals surface area contributed by atoms with Crippen LogP contribution in [0, 0.1) is 12.9 Å². The summed E-state index contributed by atoms with van der Waals surface area (Å²) in [5.74, 6) is -0.246. The van der Waals surface area contributed by atoms with Gasteiger partial charge in [-0.1, -0.05) is 0 Å². The van der Waals surface area contributed by atoms with Gasteiger partial charge in [0.2, 0.25) is 5.95 Å². The fraction of sp³-hybridized carbons (Fsp3) is 0.700. The monoisotopic (exact) mass is 250 g/mol. The van der Waals surface area contributed by atoms with Crippen LogP contribution in [0.3, 0.4) is 0 Å². The summed E-state index contributed by atoms with van der Waals surface area (Å²) in [5.41, 5.74) is 1.42. The normalized spacial score (nSPS) is 10.6. The summed E-state index contributed by atoms with van der Waals surface area (Å²) in [7, 11) is 5.64. The molecule has 0 spiro atoms. The second-order valence-corrected chi connectivity index (χ2v) is 3.96. The lowest BCUT2D eigenvalue weighted by molar-refractivity contribution is 0.398. The fourth-order valence-electron chi connectivity index (χ4n) is 1.39. The SMILES string of the molecule is Cc1nn(C)c(F)c1CNCCN(C)C.Cl. The van der Waals surface area contributed by atoms with E-state index >= 15 is 0 Å². The molecule has 1 rings (SSSR count). The number of aromatic nitrogens is 2. The Balaban J connectivity index is 0.00000225. The molecule has 0 aromatic carbocycles. The molecule has 4 nitrogen and oxygen atoms in total. The zero-order chi connectivity index (χ0) is 11.4. The second kappa shape index (κ2) is 6.83. The number of rotatable bonds is 5. The first kappa shape index (κ1) is 15.3. The van der Waals surface area contributed by atoms with Crippen molar-refractivity contribution in [2.75, 3.05) is 27.2 Å². The van der Waals surface area contributed by atoms with Crippen LogP contribution in [0.5, 0.6) is 0 Å². The number of nitrogens with zero attached hydrogens (tertiary/aromatic N) is 3. The van der Waals surface area contributed by atoms with Crippen LogP contribution in [-0.2, 0) is 13.6 Å². The van der Waals surface area contributed by atoms with Gasteiger partial charge in [0.15, 0.2) is 0 Å². The molecule has 0 bridgehead atoms. The largest absolute Gasteiger partial charge is 0.311 e. The first-order chi connectivity index (χ1) is 7.02. The van der Waals surface area contributed by atoms with E-state index in [0.29, 0.717) is 12.1 Å². The van der Waals surface area contributed by atoms with Gasteiger partial charge in [0.05, 0.1) is 5.69 Å².